The van der Waals surface area contributed by atoms with Crippen LogP contribution in [0.4, 0.5) is 10.1 Å². The summed E-state index contributed by atoms with van der Waals surface area (Å²) < 4.78 is 38.8. The first-order valence-electron chi connectivity index (χ1n) is 8.87. The third-order valence-electron chi connectivity index (χ3n) is 4.30. The molecule has 162 valence electrons. The van der Waals surface area contributed by atoms with Crippen LogP contribution in [0.1, 0.15) is 11.1 Å². The molecule has 0 radical (unpaired) electrons. The highest BCUT2D eigenvalue weighted by atomic mass is 35.5. The van der Waals surface area contributed by atoms with Crippen LogP contribution in [-0.2, 0) is 14.6 Å². The standard InChI is InChI=1S/C20H17ClFN3O4S2/c1-11-4-6-14(8-15(11)21)31(28,29)17-9-23-20(25-19(17)27)30-10-18(26)24-16-7-13(22)5-3-12(16)2/h3-9H,10H2,1-2H3,(H,24,26)(H,23,25,27). The van der Waals surface area contributed by atoms with Gasteiger partial charge in [-0.2, -0.15) is 0 Å². The Balaban J connectivity index is 1.73. The predicted molar refractivity (Wildman–Crippen MR) is 117 cm³/mol. The van der Waals surface area contributed by atoms with E-state index in [-0.39, 0.29) is 20.8 Å². The minimum atomic E-state index is -4.12. The first-order chi connectivity index (χ1) is 14.6. The Hall–Kier alpha value is -2.69. The second kappa shape index (κ2) is 9.21. The summed E-state index contributed by atoms with van der Waals surface area (Å²) >= 11 is 6.89. The van der Waals surface area contributed by atoms with Gasteiger partial charge in [-0.1, -0.05) is 35.5 Å². The molecule has 0 saturated heterocycles. The van der Waals surface area contributed by atoms with Crippen molar-refractivity contribution in [3.8, 4) is 0 Å². The van der Waals surface area contributed by atoms with E-state index in [2.05, 4.69) is 15.3 Å². The molecular formula is C20H17ClFN3O4S2. The number of H-pyrrole nitrogens is 1. The van der Waals surface area contributed by atoms with Crippen LogP contribution in [-0.4, -0.2) is 30.0 Å². The normalized spacial score (nSPS) is 11.4. The molecule has 31 heavy (non-hydrogen) atoms. The summed E-state index contributed by atoms with van der Waals surface area (Å²) in [5.41, 5.74) is 0.865. The number of carbonyl (C=O) groups is 1. The SMILES string of the molecule is Cc1ccc(S(=O)(=O)c2cnc(SCC(=O)Nc3cc(F)ccc3C)[nH]c2=O)cc1Cl. The molecule has 1 amide bonds. The molecule has 2 N–H and O–H groups in total. The predicted octanol–water partition coefficient (Wildman–Crippen LogP) is 3.74. The Bertz CT molecular complexity index is 1330. The van der Waals surface area contributed by atoms with Crippen molar-refractivity contribution in [3.05, 3.63) is 74.9 Å². The summed E-state index contributed by atoms with van der Waals surface area (Å²) in [6.07, 6.45) is 0.943. The lowest BCUT2D eigenvalue weighted by atomic mass is 10.2. The first-order valence-corrected chi connectivity index (χ1v) is 11.7. The van der Waals surface area contributed by atoms with Gasteiger partial charge in [-0.05, 0) is 49.2 Å². The van der Waals surface area contributed by atoms with Crippen LogP contribution in [0.25, 0.3) is 0 Å². The highest BCUT2D eigenvalue weighted by Crippen LogP contribution is 2.24. The van der Waals surface area contributed by atoms with Crippen LogP contribution >= 0.6 is 23.4 Å². The topological polar surface area (TPSA) is 109 Å². The number of aromatic nitrogens is 2. The Labute approximate surface area is 187 Å². The summed E-state index contributed by atoms with van der Waals surface area (Å²) in [5.74, 6) is -1.04. The molecule has 3 aromatic rings. The van der Waals surface area contributed by atoms with E-state index in [1.165, 1.54) is 30.3 Å². The highest BCUT2D eigenvalue weighted by Gasteiger charge is 2.23. The second-order valence-corrected chi connectivity index (χ2v) is 9.88. The van der Waals surface area contributed by atoms with Gasteiger partial charge in [0.15, 0.2) is 10.1 Å². The third kappa shape index (κ3) is 5.33. The zero-order chi connectivity index (χ0) is 22.8. The number of rotatable bonds is 6. The zero-order valence-corrected chi connectivity index (χ0v) is 18.8. The van der Waals surface area contributed by atoms with Gasteiger partial charge in [0.1, 0.15) is 5.82 Å². The first kappa shape index (κ1) is 23.0. The van der Waals surface area contributed by atoms with E-state index in [1.54, 1.807) is 19.9 Å². The van der Waals surface area contributed by atoms with E-state index in [4.69, 9.17) is 11.6 Å². The number of carbonyl (C=O) groups excluding carboxylic acids is 1. The van der Waals surface area contributed by atoms with Gasteiger partial charge in [0.25, 0.3) is 5.56 Å². The van der Waals surface area contributed by atoms with Crippen molar-refractivity contribution in [2.45, 2.75) is 28.8 Å². The van der Waals surface area contributed by atoms with Crippen molar-refractivity contribution in [1.29, 1.82) is 0 Å². The maximum absolute atomic E-state index is 13.3. The average molecular weight is 482 g/mol. The monoisotopic (exact) mass is 481 g/mol. The maximum Gasteiger partial charge on any atom is 0.270 e. The molecular weight excluding hydrogens is 465 g/mol. The third-order valence-corrected chi connectivity index (χ3v) is 7.34. The van der Waals surface area contributed by atoms with Crippen molar-refractivity contribution >= 4 is 44.8 Å². The van der Waals surface area contributed by atoms with Crippen molar-refractivity contribution in [3.63, 3.8) is 0 Å². The van der Waals surface area contributed by atoms with E-state index >= 15 is 0 Å². The minimum Gasteiger partial charge on any atom is -0.325 e. The molecule has 1 aromatic heterocycles. The number of thioether (sulfide) groups is 1. The van der Waals surface area contributed by atoms with Crippen LogP contribution in [0.5, 0.6) is 0 Å². The summed E-state index contributed by atoms with van der Waals surface area (Å²) in [7, 11) is -4.12. The molecule has 2 aromatic carbocycles. The van der Waals surface area contributed by atoms with Crippen LogP contribution < -0.4 is 10.9 Å². The number of amides is 1. The maximum atomic E-state index is 13.3. The second-order valence-electron chi connectivity index (χ2n) is 6.59. The van der Waals surface area contributed by atoms with Crippen LogP contribution in [0.2, 0.25) is 5.02 Å². The molecule has 3 rings (SSSR count). The number of aryl methyl sites for hydroxylation is 2. The summed E-state index contributed by atoms with van der Waals surface area (Å²) in [6, 6.07) is 8.20. The Morgan fingerprint density at radius 2 is 1.90 bits per heavy atom. The Morgan fingerprint density at radius 3 is 2.58 bits per heavy atom. The average Bonchev–Trinajstić information content (AvgIpc) is 2.71. The van der Waals surface area contributed by atoms with Gasteiger partial charge in [0.05, 0.1) is 16.8 Å². The lowest BCUT2D eigenvalue weighted by Crippen LogP contribution is -2.20. The molecule has 0 aliphatic heterocycles. The number of sulfone groups is 1. The fourth-order valence-electron chi connectivity index (χ4n) is 2.55. The highest BCUT2D eigenvalue weighted by molar-refractivity contribution is 7.99. The largest absolute Gasteiger partial charge is 0.325 e. The van der Waals surface area contributed by atoms with Gasteiger partial charge < -0.3 is 10.3 Å². The number of halogens is 2. The van der Waals surface area contributed by atoms with Crippen molar-refractivity contribution in [1.82, 2.24) is 9.97 Å². The van der Waals surface area contributed by atoms with E-state index in [0.717, 1.165) is 18.0 Å². The molecule has 11 heteroatoms. The molecule has 0 atom stereocenters. The summed E-state index contributed by atoms with van der Waals surface area (Å²) in [6.45, 7) is 3.45. The minimum absolute atomic E-state index is 0.0667. The van der Waals surface area contributed by atoms with Crippen LogP contribution in [0.3, 0.4) is 0 Å². The lowest BCUT2D eigenvalue weighted by molar-refractivity contribution is -0.113. The fourth-order valence-corrected chi connectivity index (χ4v) is 4.69. The number of hydrogen-bond acceptors (Lipinski definition) is 6. The van der Waals surface area contributed by atoms with Gasteiger partial charge in [0.2, 0.25) is 15.7 Å². The zero-order valence-electron chi connectivity index (χ0n) is 16.4. The van der Waals surface area contributed by atoms with Gasteiger partial charge in [-0.3, -0.25) is 9.59 Å². The van der Waals surface area contributed by atoms with Crippen molar-refractivity contribution in [2.75, 3.05) is 11.1 Å². The number of anilines is 1. The molecule has 0 fully saturated rings. The molecule has 0 saturated carbocycles. The van der Waals surface area contributed by atoms with Gasteiger partial charge in [-0.25, -0.2) is 17.8 Å². The van der Waals surface area contributed by atoms with E-state index in [0.29, 0.717) is 16.8 Å². The molecule has 1 heterocycles. The quantitative estimate of drug-likeness (QED) is 0.410. The smallest absolute Gasteiger partial charge is 0.270 e. The fraction of sp³-hybridized carbons (Fsp3) is 0.150. The van der Waals surface area contributed by atoms with Crippen molar-refractivity contribution in [2.24, 2.45) is 0 Å². The number of benzene rings is 2. The van der Waals surface area contributed by atoms with Gasteiger partial charge in [-0.15, -0.1) is 0 Å². The lowest BCUT2D eigenvalue weighted by Gasteiger charge is -2.08. The summed E-state index contributed by atoms with van der Waals surface area (Å²) in [4.78, 5) is 30.1. The van der Waals surface area contributed by atoms with Crippen molar-refractivity contribution < 1.29 is 17.6 Å². The van der Waals surface area contributed by atoms with E-state index in [1.807, 2.05) is 0 Å². The molecule has 0 unspecified atom stereocenters. The molecule has 7 nitrogen and oxygen atoms in total. The summed E-state index contributed by atoms with van der Waals surface area (Å²) in [5, 5.41) is 2.90. The Kier molecular flexibility index (Phi) is 6.83. The number of aromatic amines is 1. The Morgan fingerprint density at radius 1 is 1.19 bits per heavy atom. The molecule has 0 bridgehead atoms. The van der Waals surface area contributed by atoms with E-state index in [9.17, 15) is 22.4 Å². The number of nitrogens with one attached hydrogen (secondary N) is 2. The van der Waals surface area contributed by atoms with Gasteiger partial charge in [0, 0.05) is 10.7 Å². The van der Waals surface area contributed by atoms with Gasteiger partial charge >= 0.3 is 0 Å². The molecule has 0 aliphatic carbocycles. The molecule has 0 aliphatic rings. The van der Waals surface area contributed by atoms with Crippen LogP contribution in [0.15, 0.2) is 62.3 Å². The van der Waals surface area contributed by atoms with Crippen LogP contribution in [0, 0.1) is 19.7 Å². The number of nitrogens with zero attached hydrogens (tertiary/aromatic N) is 1. The van der Waals surface area contributed by atoms with E-state index < -0.39 is 32.0 Å². The molecule has 0 spiro atoms. The number of hydrogen-bond donors (Lipinski definition) is 2.